The van der Waals surface area contributed by atoms with E-state index in [1.807, 2.05) is 42.5 Å². The first-order valence-corrected chi connectivity index (χ1v) is 9.31. The molecular weight excluding hydrogens is 342 g/mol. The Morgan fingerprint density at radius 1 is 0.926 bits per heavy atom. The monoisotopic (exact) mass is 371 g/mol. The summed E-state index contributed by atoms with van der Waals surface area (Å²) in [6, 6.07) is 17.7. The first kappa shape index (κ1) is 20.8. The van der Waals surface area contributed by atoms with E-state index in [4.69, 9.17) is 14.2 Å². The fraction of sp³-hybridized carbons (Fsp3) is 0.409. The van der Waals surface area contributed by atoms with Crippen LogP contribution in [-0.2, 0) is 16.0 Å². The molecule has 0 saturated carbocycles. The maximum Gasteiger partial charge on any atom is 0.222 e. The minimum Gasteiger partial charge on any atom is -0.497 e. The van der Waals surface area contributed by atoms with E-state index in [2.05, 4.69) is 12.1 Å². The molecule has 0 heterocycles. The van der Waals surface area contributed by atoms with Gasteiger partial charge in [-0.1, -0.05) is 30.3 Å². The van der Waals surface area contributed by atoms with Crippen LogP contribution in [0.15, 0.2) is 54.6 Å². The molecule has 2 aromatic carbocycles. The Bertz CT molecular complexity index is 658. The molecular formula is C22H29NO4. The molecule has 2 aromatic rings. The van der Waals surface area contributed by atoms with Crippen molar-refractivity contribution in [1.29, 1.82) is 0 Å². The van der Waals surface area contributed by atoms with E-state index in [0.29, 0.717) is 32.8 Å². The molecule has 146 valence electrons. The Morgan fingerprint density at radius 2 is 1.63 bits per heavy atom. The van der Waals surface area contributed by atoms with Gasteiger partial charge in [0.1, 0.15) is 18.1 Å². The molecule has 0 unspecified atom stereocenters. The average Bonchev–Trinajstić information content (AvgIpc) is 2.71. The Kier molecular flexibility index (Phi) is 9.21. The maximum absolute atomic E-state index is 12.1. The van der Waals surface area contributed by atoms with E-state index in [0.717, 1.165) is 24.3 Å². The minimum atomic E-state index is 0.111. The van der Waals surface area contributed by atoms with E-state index in [-0.39, 0.29) is 5.91 Å². The van der Waals surface area contributed by atoms with Gasteiger partial charge in [0, 0.05) is 20.1 Å². The molecule has 0 aliphatic carbocycles. The number of amides is 1. The fourth-order valence-corrected chi connectivity index (χ4v) is 2.55. The van der Waals surface area contributed by atoms with Crippen molar-refractivity contribution < 1.29 is 19.0 Å². The second-order valence-corrected chi connectivity index (χ2v) is 6.29. The Morgan fingerprint density at radius 3 is 2.33 bits per heavy atom. The van der Waals surface area contributed by atoms with Crippen molar-refractivity contribution in [3.05, 3.63) is 60.2 Å². The predicted octanol–water partition coefficient (Wildman–Crippen LogP) is 3.57. The molecule has 0 atom stereocenters. The van der Waals surface area contributed by atoms with Crippen LogP contribution in [0, 0.1) is 0 Å². The van der Waals surface area contributed by atoms with Crippen molar-refractivity contribution in [1.82, 2.24) is 4.90 Å². The average molecular weight is 371 g/mol. The van der Waals surface area contributed by atoms with E-state index in [1.165, 1.54) is 5.56 Å². The van der Waals surface area contributed by atoms with E-state index in [1.54, 1.807) is 19.1 Å². The van der Waals surface area contributed by atoms with E-state index >= 15 is 0 Å². The molecule has 0 saturated heterocycles. The predicted molar refractivity (Wildman–Crippen MR) is 106 cm³/mol. The molecule has 2 rings (SSSR count). The van der Waals surface area contributed by atoms with Crippen LogP contribution in [0.1, 0.15) is 18.4 Å². The van der Waals surface area contributed by atoms with Gasteiger partial charge >= 0.3 is 0 Å². The highest BCUT2D eigenvalue weighted by Crippen LogP contribution is 2.16. The summed E-state index contributed by atoms with van der Waals surface area (Å²) < 4.78 is 16.4. The number of ether oxygens (including phenoxy) is 3. The lowest BCUT2D eigenvalue weighted by Crippen LogP contribution is -2.30. The van der Waals surface area contributed by atoms with Gasteiger partial charge in [0.15, 0.2) is 0 Å². The van der Waals surface area contributed by atoms with Gasteiger partial charge in [0.2, 0.25) is 5.91 Å². The molecule has 1 amide bonds. The zero-order valence-corrected chi connectivity index (χ0v) is 16.2. The third-order valence-corrected chi connectivity index (χ3v) is 4.24. The van der Waals surface area contributed by atoms with Crippen molar-refractivity contribution in [2.75, 3.05) is 40.5 Å². The number of hydrogen-bond acceptors (Lipinski definition) is 4. The summed E-state index contributed by atoms with van der Waals surface area (Å²) in [6.45, 7) is 2.31. The lowest BCUT2D eigenvalue weighted by Gasteiger charge is -2.17. The van der Waals surface area contributed by atoms with Crippen molar-refractivity contribution in [3.8, 4) is 11.5 Å². The van der Waals surface area contributed by atoms with Gasteiger partial charge < -0.3 is 19.1 Å². The first-order chi connectivity index (χ1) is 13.2. The number of rotatable bonds is 12. The normalized spacial score (nSPS) is 10.4. The van der Waals surface area contributed by atoms with Crippen LogP contribution >= 0.6 is 0 Å². The summed E-state index contributed by atoms with van der Waals surface area (Å²) in [6.07, 6.45) is 2.12. The second kappa shape index (κ2) is 12.0. The van der Waals surface area contributed by atoms with Crippen molar-refractivity contribution >= 4 is 5.91 Å². The van der Waals surface area contributed by atoms with Crippen LogP contribution in [0.5, 0.6) is 11.5 Å². The number of likely N-dealkylation sites (N-methyl/N-ethyl adjacent to an activating group) is 1. The number of carbonyl (C=O) groups excluding carboxylic acids is 1. The topological polar surface area (TPSA) is 48.0 Å². The van der Waals surface area contributed by atoms with Crippen molar-refractivity contribution in [2.45, 2.75) is 19.3 Å². The molecule has 5 heteroatoms. The van der Waals surface area contributed by atoms with Crippen LogP contribution in [0.4, 0.5) is 0 Å². The zero-order valence-electron chi connectivity index (χ0n) is 16.2. The SMILES string of the molecule is COc1ccc(OCCN(C)C(=O)CCCOCCc2ccccc2)cc1. The molecule has 0 fully saturated rings. The highest BCUT2D eigenvalue weighted by Gasteiger charge is 2.08. The highest BCUT2D eigenvalue weighted by molar-refractivity contribution is 5.75. The largest absolute Gasteiger partial charge is 0.497 e. The number of methoxy groups -OCH3 is 1. The molecule has 0 aliphatic heterocycles. The van der Waals surface area contributed by atoms with E-state index < -0.39 is 0 Å². The molecule has 0 N–H and O–H groups in total. The summed E-state index contributed by atoms with van der Waals surface area (Å²) in [5, 5.41) is 0. The lowest BCUT2D eigenvalue weighted by atomic mass is 10.2. The van der Waals surface area contributed by atoms with Gasteiger partial charge in [-0.25, -0.2) is 0 Å². The third kappa shape index (κ3) is 8.13. The molecule has 0 spiro atoms. The van der Waals surface area contributed by atoms with E-state index in [9.17, 15) is 4.79 Å². The summed E-state index contributed by atoms with van der Waals surface area (Å²) in [5.41, 5.74) is 1.27. The molecule has 0 aromatic heterocycles. The minimum absolute atomic E-state index is 0.111. The van der Waals surface area contributed by atoms with Gasteiger partial charge in [-0.3, -0.25) is 4.79 Å². The quantitative estimate of drug-likeness (QED) is 0.535. The molecule has 0 bridgehead atoms. The molecule has 5 nitrogen and oxygen atoms in total. The number of benzene rings is 2. The van der Waals surface area contributed by atoms with Crippen LogP contribution in [-0.4, -0.2) is 51.3 Å². The summed E-state index contributed by atoms with van der Waals surface area (Å²) in [7, 11) is 3.43. The van der Waals surface area contributed by atoms with Crippen LogP contribution in [0.2, 0.25) is 0 Å². The van der Waals surface area contributed by atoms with Crippen molar-refractivity contribution in [2.24, 2.45) is 0 Å². The third-order valence-electron chi connectivity index (χ3n) is 4.24. The lowest BCUT2D eigenvalue weighted by molar-refractivity contribution is -0.130. The first-order valence-electron chi connectivity index (χ1n) is 9.31. The van der Waals surface area contributed by atoms with Gasteiger partial charge in [0.05, 0.1) is 20.3 Å². The maximum atomic E-state index is 12.1. The molecule has 0 aliphatic rings. The summed E-state index contributed by atoms with van der Waals surface area (Å²) in [5.74, 6) is 1.67. The molecule has 27 heavy (non-hydrogen) atoms. The van der Waals surface area contributed by atoms with Crippen LogP contribution < -0.4 is 9.47 Å². The summed E-state index contributed by atoms with van der Waals surface area (Å²) in [4.78, 5) is 13.8. The highest BCUT2D eigenvalue weighted by atomic mass is 16.5. The fourth-order valence-electron chi connectivity index (χ4n) is 2.55. The van der Waals surface area contributed by atoms with Crippen molar-refractivity contribution in [3.63, 3.8) is 0 Å². The Balaban J connectivity index is 1.51. The standard InChI is InChI=1S/C22H29NO4/c1-23(15-18-27-21-12-10-20(25-2)11-13-21)22(24)9-6-16-26-17-14-19-7-4-3-5-8-19/h3-5,7-8,10-13H,6,9,14-18H2,1-2H3. The zero-order chi connectivity index (χ0) is 19.3. The molecule has 0 radical (unpaired) electrons. The van der Waals surface area contributed by atoms with Crippen LogP contribution in [0.25, 0.3) is 0 Å². The van der Waals surface area contributed by atoms with Crippen LogP contribution in [0.3, 0.4) is 0 Å². The number of nitrogens with zero attached hydrogens (tertiary/aromatic N) is 1. The number of hydrogen-bond donors (Lipinski definition) is 0. The Hall–Kier alpha value is -2.53. The summed E-state index contributed by atoms with van der Waals surface area (Å²) >= 11 is 0. The smallest absolute Gasteiger partial charge is 0.222 e. The Labute approximate surface area is 161 Å². The van der Waals surface area contributed by atoms with Gasteiger partial charge in [-0.05, 0) is 42.7 Å². The number of carbonyl (C=O) groups is 1. The van der Waals surface area contributed by atoms with Gasteiger partial charge in [-0.2, -0.15) is 0 Å². The van der Waals surface area contributed by atoms with Gasteiger partial charge in [-0.15, -0.1) is 0 Å². The van der Waals surface area contributed by atoms with Gasteiger partial charge in [0.25, 0.3) is 0 Å². The second-order valence-electron chi connectivity index (χ2n) is 6.29.